The molecule has 112 valence electrons. The highest BCUT2D eigenvalue weighted by Crippen LogP contribution is 2.30. The Morgan fingerprint density at radius 3 is 2.43 bits per heavy atom. The van der Waals surface area contributed by atoms with Gasteiger partial charge in [-0.15, -0.1) is 0 Å². The van der Waals surface area contributed by atoms with Gasteiger partial charge in [0, 0.05) is 21.6 Å². The second kappa shape index (κ2) is 7.10. The van der Waals surface area contributed by atoms with Gasteiger partial charge in [0.15, 0.2) is 0 Å². The van der Waals surface area contributed by atoms with E-state index >= 15 is 0 Å². The van der Waals surface area contributed by atoms with Gasteiger partial charge in [0.05, 0.1) is 5.02 Å². The van der Waals surface area contributed by atoms with E-state index in [2.05, 4.69) is 34.2 Å². The standard InChI is InChI=1S/C16H15BrCl2FN/c1-9(11-4-3-5-12(17)6-11)21-10(2)13-7-16(20)15(19)8-14(13)18/h3-10,21H,1-2H3/t9-,10?/m0/s1. The predicted molar refractivity (Wildman–Crippen MR) is 90.5 cm³/mol. The molecule has 0 saturated heterocycles. The van der Waals surface area contributed by atoms with Crippen molar-refractivity contribution in [2.75, 3.05) is 0 Å². The normalized spacial score (nSPS) is 14.0. The van der Waals surface area contributed by atoms with Crippen LogP contribution in [0.1, 0.15) is 37.1 Å². The van der Waals surface area contributed by atoms with Gasteiger partial charge < -0.3 is 5.32 Å². The third-order valence-corrected chi connectivity index (χ3v) is 4.47. The monoisotopic (exact) mass is 389 g/mol. The Balaban J connectivity index is 2.18. The Hall–Kier alpha value is -0.610. The number of nitrogens with one attached hydrogen (secondary N) is 1. The maximum atomic E-state index is 13.6. The average molecular weight is 391 g/mol. The molecule has 1 N–H and O–H groups in total. The first-order chi connectivity index (χ1) is 9.88. The van der Waals surface area contributed by atoms with E-state index < -0.39 is 5.82 Å². The van der Waals surface area contributed by atoms with Crippen LogP contribution in [0.5, 0.6) is 0 Å². The Bertz CT molecular complexity index is 648. The minimum atomic E-state index is -0.458. The van der Waals surface area contributed by atoms with Crippen molar-refractivity contribution in [1.82, 2.24) is 5.32 Å². The van der Waals surface area contributed by atoms with Gasteiger partial charge in [0.25, 0.3) is 0 Å². The predicted octanol–water partition coefficient (Wildman–Crippen LogP) is 6.31. The SMILES string of the molecule is CC(N[C@@H](C)c1cccc(Br)c1)c1cc(F)c(Cl)cc1Cl. The van der Waals surface area contributed by atoms with E-state index in [9.17, 15) is 4.39 Å². The summed E-state index contributed by atoms with van der Waals surface area (Å²) in [6.45, 7) is 4.00. The highest BCUT2D eigenvalue weighted by atomic mass is 79.9. The van der Waals surface area contributed by atoms with Gasteiger partial charge in [-0.2, -0.15) is 0 Å². The molecular formula is C16H15BrCl2FN. The first kappa shape index (κ1) is 16.8. The molecule has 0 amide bonds. The number of benzene rings is 2. The van der Waals surface area contributed by atoms with Crippen molar-refractivity contribution >= 4 is 39.1 Å². The molecule has 0 fully saturated rings. The first-order valence-electron chi connectivity index (χ1n) is 6.54. The molecule has 21 heavy (non-hydrogen) atoms. The molecule has 2 aromatic carbocycles. The molecule has 0 heterocycles. The van der Waals surface area contributed by atoms with Gasteiger partial charge in [0.2, 0.25) is 0 Å². The van der Waals surface area contributed by atoms with Gasteiger partial charge in [-0.25, -0.2) is 4.39 Å². The first-order valence-corrected chi connectivity index (χ1v) is 8.09. The maximum Gasteiger partial charge on any atom is 0.142 e. The molecule has 2 rings (SSSR count). The summed E-state index contributed by atoms with van der Waals surface area (Å²) in [6, 6.07) is 10.9. The second-order valence-corrected chi connectivity index (χ2v) is 6.68. The zero-order valence-corrected chi connectivity index (χ0v) is 14.7. The van der Waals surface area contributed by atoms with Gasteiger partial charge in [-0.1, -0.05) is 51.3 Å². The second-order valence-electron chi connectivity index (χ2n) is 4.95. The highest BCUT2D eigenvalue weighted by molar-refractivity contribution is 9.10. The van der Waals surface area contributed by atoms with Gasteiger partial charge in [-0.3, -0.25) is 0 Å². The van der Waals surface area contributed by atoms with Crippen molar-refractivity contribution in [2.45, 2.75) is 25.9 Å². The molecule has 0 aliphatic heterocycles. The van der Waals surface area contributed by atoms with Crippen molar-refractivity contribution in [3.8, 4) is 0 Å². The van der Waals surface area contributed by atoms with Crippen LogP contribution in [-0.2, 0) is 0 Å². The zero-order valence-electron chi connectivity index (χ0n) is 11.6. The summed E-state index contributed by atoms with van der Waals surface area (Å²) in [5.74, 6) is -0.458. The van der Waals surface area contributed by atoms with E-state index in [1.165, 1.54) is 12.1 Å². The molecule has 5 heteroatoms. The number of hydrogen-bond donors (Lipinski definition) is 1. The van der Waals surface area contributed by atoms with Crippen molar-refractivity contribution in [1.29, 1.82) is 0 Å². The summed E-state index contributed by atoms with van der Waals surface area (Å²) in [5, 5.41) is 3.91. The Labute approximate surface area is 142 Å². The molecule has 2 aromatic rings. The molecular weight excluding hydrogens is 376 g/mol. The van der Waals surface area contributed by atoms with Crippen molar-refractivity contribution in [2.24, 2.45) is 0 Å². The topological polar surface area (TPSA) is 12.0 Å². The zero-order chi connectivity index (χ0) is 15.6. The van der Waals surface area contributed by atoms with Crippen LogP contribution in [-0.4, -0.2) is 0 Å². The van der Waals surface area contributed by atoms with Crippen LogP contribution < -0.4 is 5.32 Å². The van der Waals surface area contributed by atoms with Crippen LogP contribution in [0.4, 0.5) is 4.39 Å². The van der Waals surface area contributed by atoms with Gasteiger partial charge in [0.1, 0.15) is 5.82 Å². The third-order valence-electron chi connectivity index (χ3n) is 3.35. The summed E-state index contributed by atoms with van der Waals surface area (Å²) < 4.78 is 14.6. The van der Waals surface area contributed by atoms with Crippen LogP contribution in [0, 0.1) is 5.82 Å². The fourth-order valence-corrected chi connectivity index (χ4v) is 3.17. The molecule has 0 radical (unpaired) electrons. The molecule has 2 atom stereocenters. The lowest BCUT2D eigenvalue weighted by Crippen LogP contribution is -2.22. The lowest BCUT2D eigenvalue weighted by atomic mass is 10.0. The minimum Gasteiger partial charge on any atom is -0.304 e. The smallest absolute Gasteiger partial charge is 0.142 e. The van der Waals surface area contributed by atoms with E-state index in [0.717, 1.165) is 10.0 Å². The van der Waals surface area contributed by atoms with Gasteiger partial charge in [-0.05, 0) is 49.2 Å². The maximum absolute atomic E-state index is 13.6. The quantitative estimate of drug-likeness (QED) is 0.603. The summed E-state index contributed by atoms with van der Waals surface area (Å²) in [5.41, 5.74) is 1.84. The fraction of sp³-hybridized carbons (Fsp3) is 0.250. The molecule has 0 aromatic heterocycles. The van der Waals surface area contributed by atoms with Crippen LogP contribution in [0.25, 0.3) is 0 Å². The summed E-state index contributed by atoms with van der Waals surface area (Å²) in [7, 11) is 0. The number of hydrogen-bond acceptors (Lipinski definition) is 1. The van der Waals surface area contributed by atoms with E-state index in [1.807, 2.05) is 25.1 Å². The lowest BCUT2D eigenvalue weighted by Gasteiger charge is -2.22. The van der Waals surface area contributed by atoms with Crippen molar-refractivity contribution in [3.63, 3.8) is 0 Å². The summed E-state index contributed by atoms with van der Waals surface area (Å²) in [4.78, 5) is 0. The van der Waals surface area contributed by atoms with Crippen LogP contribution in [0.2, 0.25) is 10.0 Å². The number of rotatable bonds is 4. The highest BCUT2D eigenvalue weighted by Gasteiger charge is 2.16. The Morgan fingerprint density at radius 2 is 1.76 bits per heavy atom. The minimum absolute atomic E-state index is 0.0380. The molecule has 0 aliphatic carbocycles. The average Bonchev–Trinajstić information content (AvgIpc) is 2.42. The largest absolute Gasteiger partial charge is 0.304 e. The van der Waals surface area contributed by atoms with Crippen LogP contribution in [0.3, 0.4) is 0 Å². The summed E-state index contributed by atoms with van der Waals surface area (Å²) >= 11 is 15.3. The molecule has 0 spiro atoms. The third kappa shape index (κ3) is 4.19. The fourth-order valence-electron chi connectivity index (χ4n) is 2.21. The van der Waals surface area contributed by atoms with Crippen LogP contribution in [0.15, 0.2) is 40.9 Å². The van der Waals surface area contributed by atoms with E-state index in [-0.39, 0.29) is 17.1 Å². The molecule has 0 saturated carbocycles. The molecule has 1 unspecified atom stereocenters. The Morgan fingerprint density at radius 1 is 1.05 bits per heavy atom. The number of halogens is 4. The van der Waals surface area contributed by atoms with Gasteiger partial charge >= 0.3 is 0 Å². The van der Waals surface area contributed by atoms with Crippen molar-refractivity contribution in [3.05, 3.63) is 67.9 Å². The van der Waals surface area contributed by atoms with E-state index in [0.29, 0.717) is 10.6 Å². The summed E-state index contributed by atoms with van der Waals surface area (Å²) in [6.07, 6.45) is 0. The van der Waals surface area contributed by atoms with E-state index in [1.54, 1.807) is 0 Å². The molecule has 0 aliphatic rings. The van der Waals surface area contributed by atoms with Crippen LogP contribution >= 0.6 is 39.1 Å². The molecule has 1 nitrogen and oxygen atoms in total. The molecule has 0 bridgehead atoms. The van der Waals surface area contributed by atoms with Crippen molar-refractivity contribution < 1.29 is 4.39 Å². The Kier molecular flexibility index (Phi) is 5.67. The lowest BCUT2D eigenvalue weighted by molar-refractivity contribution is 0.492. The van der Waals surface area contributed by atoms with E-state index in [4.69, 9.17) is 23.2 Å².